The normalized spacial score (nSPS) is 17.8. The molecule has 152 valence electrons. The largest absolute Gasteiger partial charge is 0.397 e. The second-order valence-corrected chi connectivity index (χ2v) is 7.49. The zero-order valence-corrected chi connectivity index (χ0v) is 17.5. The van der Waals surface area contributed by atoms with Crippen LogP contribution in [0, 0.1) is 18.7 Å². The fraction of sp³-hybridized carbons (Fsp3) is 0.400. The van der Waals surface area contributed by atoms with Crippen molar-refractivity contribution in [3.8, 4) is 0 Å². The summed E-state index contributed by atoms with van der Waals surface area (Å²) in [6.07, 6.45) is 1.73. The molecule has 1 heterocycles. The molecule has 0 saturated carbocycles. The molecule has 2 rings (SSSR count). The van der Waals surface area contributed by atoms with E-state index in [1.807, 2.05) is 18.7 Å². The van der Waals surface area contributed by atoms with E-state index in [1.54, 1.807) is 26.0 Å². The van der Waals surface area contributed by atoms with Crippen molar-refractivity contribution in [2.24, 2.45) is 33.1 Å². The van der Waals surface area contributed by atoms with Crippen LogP contribution in [0.2, 0.25) is 5.02 Å². The minimum absolute atomic E-state index is 0.117. The fourth-order valence-corrected chi connectivity index (χ4v) is 2.97. The maximum atomic E-state index is 14.0. The van der Waals surface area contributed by atoms with E-state index in [2.05, 4.69) is 9.98 Å². The zero-order valence-electron chi connectivity index (χ0n) is 16.8. The molecule has 6 N–H and O–H groups in total. The molecule has 0 atom stereocenters. The van der Waals surface area contributed by atoms with Crippen molar-refractivity contribution in [3.63, 3.8) is 0 Å². The van der Waals surface area contributed by atoms with Crippen LogP contribution in [0.15, 0.2) is 45.3 Å². The van der Waals surface area contributed by atoms with Crippen molar-refractivity contribution in [1.29, 1.82) is 0 Å². The maximum Gasteiger partial charge on any atom is 0.142 e. The SMILES string of the molecule is CC(N=C(N)C(C)C)=C(N)C=C1C(N)=NCCN1Cc1c(Cl)ccc(F)c1C. The lowest BCUT2D eigenvalue weighted by molar-refractivity contribution is 0.351. The van der Waals surface area contributed by atoms with Gasteiger partial charge >= 0.3 is 0 Å². The summed E-state index contributed by atoms with van der Waals surface area (Å²) in [5, 5.41) is 0.508. The Kier molecular flexibility index (Phi) is 7.07. The Labute approximate surface area is 170 Å². The molecule has 1 aromatic carbocycles. The van der Waals surface area contributed by atoms with E-state index < -0.39 is 0 Å². The van der Waals surface area contributed by atoms with Crippen LogP contribution in [-0.4, -0.2) is 29.7 Å². The van der Waals surface area contributed by atoms with Crippen molar-refractivity contribution in [1.82, 2.24) is 4.90 Å². The number of rotatable bonds is 5. The van der Waals surface area contributed by atoms with Crippen molar-refractivity contribution in [2.45, 2.75) is 34.2 Å². The summed E-state index contributed by atoms with van der Waals surface area (Å²) in [4.78, 5) is 10.6. The average Bonchev–Trinajstić information content (AvgIpc) is 2.64. The molecule has 0 aliphatic carbocycles. The highest BCUT2D eigenvalue weighted by atomic mass is 35.5. The average molecular weight is 407 g/mol. The number of benzene rings is 1. The predicted molar refractivity (Wildman–Crippen MR) is 114 cm³/mol. The molecule has 0 aromatic heterocycles. The standard InChI is InChI=1S/C20H28ClFN6/c1-11(2)19(24)27-13(4)17(23)9-18-20(25)26-7-8-28(18)10-14-12(3)16(22)6-5-15(14)21/h5-6,9,11H,7-8,10,23H2,1-4H3,(H2,24,27)(H2,25,26). The van der Waals surface area contributed by atoms with E-state index in [0.29, 0.717) is 64.5 Å². The number of nitrogens with two attached hydrogens (primary N) is 3. The lowest BCUT2D eigenvalue weighted by atomic mass is 10.1. The van der Waals surface area contributed by atoms with Gasteiger partial charge in [-0.25, -0.2) is 9.38 Å². The summed E-state index contributed by atoms with van der Waals surface area (Å²) >= 11 is 6.31. The van der Waals surface area contributed by atoms with Crippen molar-refractivity contribution >= 4 is 23.3 Å². The Morgan fingerprint density at radius 3 is 2.71 bits per heavy atom. The van der Waals surface area contributed by atoms with E-state index in [-0.39, 0.29) is 11.7 Å². The number of halogens is 2. The predicted octanol–water partition coefficient (Wildman–Crippen LogP) is 3.05. The number of aliphatic imine (C=N–C) groups is 2. The Morgan fingerprint density at radius 1 is 1.39 bits per heavy atom. The van der Waals surface area contributed by atoms with E-state index in [0.717, 1.165) is 0 Å². The second-order valence-electron chi connectivity index (χ2n) is 7.08. The molecule has 0 amide bonds. The van der Waals surface area contributed by atoms with Gasteiger partial charge in [0, 0.05) is 24.0 Å². The number of nitrogens with zero attached hydrogens (tertiary/aromatic N) is 3. The first-order chi connectivity index (χ1) is 13.1. The van der Waals surface area contributed by atoms with Gasteiger partial charge in [0.2, 0.25) is 0 Å². The van der Waals surface area contributed by atoms with E-state index >= 15 is 0 Å². The van der Waals surface area contributed by atoms with E-state index in [4.69, 9.17) is 28.8 Å². The molecule has 0 radical (unpaired) electrons. The lowest BCUT2D eigenvalue weighted by Gasteiger charge is -2.31. The van der Waals surface area contributed by atoms with Crippen molar-refractivity contribution in [2.75, 3.05) is 13.1 Å². The highest BCUT2D eigenvalue weighted by Crippen LogP contribution is 2.26. The number of hydrogen-bond acceptors (Lipinski definition) is 5. The summed E-state index contributed by atoms with van der Waals surface area (Å²) in [5.74, 6) is 0.694. The Balaban J connectivity index is 2.41. The van der Waals surface area contributed by atoms with Gasteiger partial charge in [-0.15, -0.1) is 0 Å². The van der Waals surface area contributed by atoms with Gasteiger partial charge in [0.25, 0.3) is 0 Å². The molecule has 0 spiro atoms. The molecule has 0 bridgehead atoms. The monoisotopic (exact) mass is 406 g/mol. The highest BCUT2D eigenvalue weighted by molar-refractivity contribution is 6.31. The quantitative estimate of drug-likeness (QED) is 0.516. The van der Waals surface area contributed by atoms with Crippen LogP contribution < -0.4 is 17.2 Å². The molecule has 6 nitrogen and oxygen atoms in total. The zero-order chi connectivity index (χ0) is 21.0. The third-order valence-corrected chi connectivity index (χ3v) is 5.03. The summed E-state index contributed by atoms with van der Waals surface area (Å²) in [6.45, 7) is 8.96. The molecule has 0 unspecified atom stereocenters. The van der Waals surface area contributed by atoms with Crippen LogP contribution in [0.3, 0.4) is 0 Å². The third kappa shape index (κ3) is 5.04. The smallest absolute Gasteiger partial charge is 0.142 e. The number of amidine groups is 2. The maximum absolute atomic E-state index is 14.0. The van der Waals surface area contributed by atoms with Crippen molar-refractivity contribution in [3.05, 3.63) is 57.3 Å². The van der Waals surface area contributed by atoms with Gasteiger partial charge in [0.05, 0.1) is 23.6 Å². The molecule has 0 fully saturated rings. The summed E-state index contributed by atoms with van der Waals surface area (Å²) in [6, 6.07) is 2.93. The molecular formula is C20H28ClFN6. The lowest BCUT2D eigenvalue weighted by Crippen LogP contribution is -2.38. The van der Waals surface area contributed by atoms with Crippen LogP contribution in [0.1, 0.15) is 31.9 Å². The van der Waals surface area contributed by atoms with E-state index in [1.165, 1.54) is 6.07 Å². The van der Waals surface area contributed by atoms with Gasteiger partial charge in [-0.05, 0) is 43.2 Å². The molecule has 1 aliphatic heterocycles. The molecule has 28 heavy (non-hydrogen) atoms. The molecule has 1 aromatic rings. The third-order valence-electron chi connectivity index (χ3n) is 4.68. The van der Waals surface area contributed by atoms with Gasteiger partial charge in [0.15, 0.2) is 0 Å². The Morgan fingerprint density at radius 2 is 2.07 bits per heavy atom. The first-order valence-corrected chi connectivity index (χ1v) is 9.50. The van der Waals surface area contributed by atoms with Crippen LogP contribution >= 0.6 is 11.6 Å². The first-order valence-electron chi connectivity index (χ1n) is 9.12. The number of hydrogen-bond donors (Lipinski definition) is 3. The van der Waals surface area contributed by atoms with Gasteiger partial charge in [0.1, 0.15) is 17.5 Å². The number of allylic oxidation sites excluding steroid dienone is 2. The second kappa shape index (κ2) is 9.10. The van der Waals surface area contributed by atoms with Gasteiger partial charge in [-0.3, -0.25) is 4.99 Å². The molecular weight excluding hydrogens is 379 g/mol. The Bertz CT molecular complexity index is 870. The highest BCUT2D eigenvalue weighted by Gasteiger charge is 2.21. The van der Waals surface area contributed by atoms with E-state index in [9.17, 15) is 4.39 Å². The first kappa shape index (κ1) is 21.8. The van der Waals surface area contributed by atoms with Crippen LogP contribution in [0.4, 0.5) is 4.39 Å². The van der Waals surface area contributed by atoms with Crippen molar-refractivity contribution < 1.29 is 4.39 Å². The van der Waals surface area contributed by atoms with Crippen LogP contribution in [0.5, 0.6) is 0 Å². The molecule has 8 heteroatoms. The fourth-order valence-electron chi connectivity index (χ4n) is 2.70. The van der Waals surface area contributed by atoms with Gasteiger partial charge < -0.3 is 22.1 Å². The molecule has 0 saturated heterocycles. The minimum atomic E-state index is -0.294. The van der Waals surface area contributed by atoms with Gasteiger partial charge in [-0.2, -0.15) is 0 Å². The Hall–Kier alpha value is -2.54. The van der Waals surface area contributed by atoms with Crippen LogP contribution in [-0.2, 0) is 6.54 Å². The summed E-state index contributed by atoms with van der Waals surface area (Å²) in [7, 11) is 0. The van der Waals surface area contributed by atoms with Crippen LogP contribution in [0.25, 0.3) is 0 Å². The minimum Gasteiger partial charge on any atom is -0.397 e. The van der Waals surface area contributed by atoms with Gasteiger partial charge in [-0.1, -0.05) is 25.4 Å². The summed E-state index contributed by atoms with van der Waals surface area (Å²) < 4.78 is 14.0. The topological polar surface area (TPSA) is 106 Å². The summed E-state index contributed by atoms with van der Waals surface area (Å²) in [5.41, 5.74) is 21.2. The molecule has 1 aliphatic rings.